The van der Waals surface area contributed by atoms with E-state index in [9.17, 15) is 9.18 Å². The first-order valence-electron chi connectivity index (χ1n) is 8.26. The summed E-state index contributed by atoms with van der Waals surface area (Å²) in [6.07, 6.45) is 0.404. The molecule has 0 N–H and O–H groups in total. The zero-order valence-electron chi connectivity index (χ0n) is 15.3. The van der Waals surface area contributed by atoms with Gasteiger partial charge in [-0.1, -0.05) is 6.07 Å². The molecule has 0 aliphatic heterocycles. The number of rotatable bonds is 6. The molecule has 0 radical (unpaired) electrons. The summed E-state index contributed by atoms with van der Waals surface area (Å²) >= 11 is 1.50. The summed E-state index contributed by atoms with van der Waals surface area (Å²) in [4.78, 5) is 19.3. The standard InChI is InChI=1S/C19H21FN2O3S/c1-11-12(2)26-18-17(11)19(23)22(8-7-20)16(21-18)10-13-5-6-14(24-3)15(9-13)25-4/h5-6,9H,7-8,10H2,1-4H3. The first-order chi connectivity index (χ1) is 12.5. The number of hydrogen-bond donors (Lipinski definition) is 0. The summed E-state index contributed by atoms with van der Waals surface area (Å²) in [7, 11) is 3.15. The summed E-state index contributed by atoms with van der Waals surface area (Å²) in [5, 5.41) is 0.594. The van der Waals surface area contributed by atoms with Crippen molar-refractivity contribution in [1.29, 1.82) is 0 Å². The Kier molecular flexibility index (Phi) is 5.27. The van der Waals surface area contributed by atoms with E-state index < -0.39 is 6.67 Å². The molecule has 138 valence electrons. The molecule has 3 rings (SSSR count). The molecule has 0 aliphatic rings. The molecule has 0 fully saturated rings. The summed E-state index contributed by atoms with van der Waals surface area (Å²) in [5.41, 5.74) is 1.66. The zero-order chi connectivity index (χ0) is 18.8. The van der Waals surface area contributed by atoms with E-state index in [1.165, 1.54) is 15.9 Å². The molecule has 26 heavy (non-hydrogen) atoms. The third-order valence-corrected chi connectivity index (χ3v) is 5.59. The number of aromatic nitrogens is 2. The molecule has 0 saturated carbocycles. The number of nitrogens with zero attached hydrogens (tertiary/aromatic N) is 2. The lowest BCUT2D eigenvalue weighted by atomic mass is 10.1. The maximum atomic E-state index is 13.1. The minimum atomic E-state index is -0.617. The van der Waals surface area contributed by atoms with Gasteiger partial charge in [0.25, 0.3) is 5.56 Å². The van der Waals surface area contributed by atoms with Gasteiger partial charge in [-0.2, -0.15) is 0 Å². The molecule has 2 heterocycles. The normalized spacial score (nSPS) is 11.1. The molecular formula is C19H21FN2O3S. The monoisotopic (exact) mass is 376 g/mol. The van der Waals surface area contributed by atoms with Crippen LogP contribution in [0.2, 0.25) is 0 Å². The van der Waals surface area contributed by atoms with Gasteiger partial charge in [-0.25, -0.2) is 9.37 Å². The summed E-state index contributed by atoms with van der Waals surface area (Å²) in [6.45, 7) is 3.26. The van der Waals surface area contributed by atoms with E-state index in [4.69, 9.17) is 9.47 Å². The Morgan fingerprint density at radius 2 is 1.92 bits per heavy atom. The second-order valence-electron chi connectivity index (χ2n) is 6.00. The van der Waals surface area contributed by atoms with Gasteiger partial charge in [0.15, 0.2) is 11.5 Å². The van der Waals surface area contributed by atoms with E-state index in [0.717, 1.165) is 16.0 Å². The molecule has 0 saturated heterocycles. The maximum Gasteiger partial charge on any atom is 0.262 e. The van der Waals surface area contributed by atoms with Crippen LogP contribution in [0, 0.1) is 13.8 Å². The van der Waals surface area contributed by atoms with Gasteiger partial charge in [0.1, 0.15) is 17.3 Å². The fraction of sp³-hybridized carbons (Fsp3) is 0.368. The smallest absolute Gasteiger partial charge is 0.262 e. The van der Waals surface area contributed by atoms with Crippen LogP contribution in [0.3, 0.4) is 0 Å². The average molecular weight is 376 g/mol. The van der Waals surface area contributed by atoms with Crippen molar-refractivity contribution in [3.8, 4) is 11.5 Å². The van der Waals surface area contributed by atoms with Gasteiger partial charge in [-0.3, -0.25) is 9.36 Å². The van der Waals surface area contributed by atoms with Gasteiger partial charge >= 0.3 is 0 Å². The highest BCUT2D eigenvalue weighted by Gasteiger charge is 2.17. The van der Waals surface area contributed by atoms with Crippen LogP contribution >= 0.6 is 11.3 Å². The molecule has 7 heteroatoms. The van der Waals surface area contributed by atoms with Gasteiger partial charge in [0, 0.05) is 11.3 Å². The summed E-state index contributed by atoms with van der Waals surface area (Å²) in [5.74, 6) is 1.78. The number of benzene rings is 1. The van der Waals surface area contributed by atoms with Crippen molar-refractivity contribution < 1.29 is 13.9 Å². The van der Waals surface area contributed by atoms with Crippen molar-refractivity contribution in [2.24, 2.45) is 0 Å². The molecule has 1 aromatic carbocycles. The lowest BCUT2D eigenvalue weighted by Crippen LogP contribution is -2.26. The lowest BCUT2D eigenvalue weighted by Gasteiger charge is -2.13. The van der Waals surface area contributed by atoms with Crippen molar-refractivity contribution in [3.05, 3.63) is 50.4 Å². The van der Waals surface area contributed by atoms with Crippen LogP contribution in [-0.2, 0) is 13.0 Å². The first kappa shape index (κ1) is 18.4. The van der Waals surface area contributed by atoms with Crippen LogP contribution < -0.4 is 15.0 Å². The molecule has 3 aromatic rings. The fourth-order valence-corrected chi connectivity index (χ4v) is 4.03. The van der Waals surface area contributed by atoms with Crippen LogP contribution in [0.1, 0.15) is 21.8 Å². The second kappa shape index (κ2) is 7.45. The Morgan fingerprint density at radius 1 is 1.19 bits per heavy atom. The highest BCUT2D eigenvalue weighted by Crippen LogP contribution is 2.29. The molecule has 0 bridgehead atoms. The van der Waals surface area contributed by atoms with Gasteiger partial charge < -0.3 is 9.47 Å². The van der Waals surface area contributed by atoms with E-state index in [0.29, 0.717) is 34.0 Å². The molecule has 0 atom stereocenters. The molecule has 0 amide bonds. The largest absolute Gasteiger partial charge is 0.493 e. The number of halogens is 1. The van der Waals surface area contributed by atoms with Crippen molar-refractivity contribution in [3.63, 3.8) is 0 Å². The number of fused-ring (bicyclic) bond motifs is 1. The number of alkyl halides is 1. The highest BCUT2D eigenvalue weighted by atomic mass is 32.1. The van der Waals surface area contributed by atoms with Crippen molar-refractivity contribution in [1.82, 2.24) is 9.55 Å². The lowest BCUT2D eigenvalue weighted by molar-refractivity contribution is 0.354. The van der Waals surface area contributed by atoms with E-state index in [2.05, 4.69) is 4.98 Å². The average Bonchev–Trinajstić information content (AvgIpc) is 2.92. The molecule has 2 aromatic heterocycles. The highest BCUT2D eigenvalue weighted by molar-refractivity contribution is 7.18. The number of thiophene rings is 1. The summed E-state index contributed by atoms with van der Waals surface area (Å²) in [6, 6.07) is 5.55. The Morgan fingerprint density at radius 3 is 2.58 bits per heavy atom. The van der Waals surface area contributed by atoms with Crippen molar-refractivity contribution in [2.75, 3.05) is 20.9 Å². The minimum Gasteiger partial charge on any atom is -0.493 e. The topological polar surface area (TPSA) is 53.3 Å². The Labute approximate surface area is 155 Å². The first-order valence-corrected chi connectivity index (χ1v) is 9.08. The van der Waals surface area contributed by atoms with Crippen LogP contribution in [0.25, 0.3) is 10.2 Å². The number of ether oxygens (including phenoxy) is 2. The number of aryl methyl sites for hydroxylation is 2. The molecular weight excluding hydrogens is 355 g/mol. The van der Waals surface area contributed by atoms with Gasteiger partial charge in [-0.15, -0.1) is 11.3 Å². The van der Waals surface area contributed by atoms with E-state index >= 15 is 0 Å². The molecule has 0 aliphatic carbocycles. The van der Waals surface area contributed by atoms with Crippen molar-refractivity contribution >= 4 is 21.6 Å². The van der Waals surface area contributed by atoms with E-state index in [-0.39, 0.29) is 12.1 Å². The third kappa shape index (κ3) is 3.19. The van der Waals surface area contributed by atoms with Gasteiger partial charge in [0.05, 0.1) is 26.2 Å². The SMILES string of the molecule is COc1ccc(Cc2nc3sc(C)c(C)c3c(=O)n2CCF)cc1OC. The Bertz CT molecular complexity index is 1010. The predicted molar refractivity (Wildman–Crippen MR) is 102 cm³/mol. The molecule has 5 nitrogen and oxygen atoms in total. The zero-order valence-corrected chi connectivity index (χ0v) is 16.1. The van der Waals surface area contributed by atoms with Crippen molar-refractivity contribution in [2.45, 2.75) is 26.8 Å². The molecule has 0 spiro atoms. The van der Waals surface area contributed by atoms with Crippen LogP contribution in [-0.4, -0.2) is 30.4 Å². The van der Waals surface area contributed by atoms with E-state index in [1.807, 2.05) is 32.0 Å². The Hall–Kier alpha value is -2.41. The van der Waals surface area contributed by atoms with Crippen LogP contribution in [0.4, 0.5) is 4.39 Å². The van der Waals surface area contributed by atoms with Crippen LogP contribution in [0.15, 0.2) is 23.0 Å². The summed E-state index contributed by atoms with van der Waals surface area (Å²) < 4.78 is 25.1. The number of methoxy groups -OCH3 is 2. The van der Waals surface area contributed by atoms with E-state index in [1.54, 1.807) is 14.2 Å². The maximum absolute atomic E-state index is 13.1. The van der Waals surface area contributed by atoms with Gasteiger partial charge in [0.2, 0.25) is 0 Å². The molecule has 0 unspecified atom stereocenters. The van der Waals surface area contributed by atoms with Gasteiger partial charge in [-0.05, 0) is 37.1 Å². The fourth-order valence-electron chi connectivity index (χ4n) is 2.99. The third-order valence-electron chi connectivity index (χ3n) is 4.49. The Balaban J connectivity index is 2.12. The second-order valence-corrected chi connectivity index (χ2v) is 7.21. The minimum absolute atomic E-state index is 0.00126. The number of hydrogen-bond acceptors (Lipinski definition) is 5. The van der Waals surface area contributed by atoms with Crippen LogP contribution in [0.5, 0.6) is 11.5 Å². The quantitative estimate of drug-likeness (QED) is 0.659. The predicted octanol–water partition coefficient (Wildman–Crippen LogP) is 3.65.